The Morgan fingerprint density at radius 2 is 1.97 bits per heavy atom. The van der Waals surface area contributed by atoms with Crippen LogP contribution in [0.15, 0.2) is 73.2 Å². The summed E-state index contributed by atoms with van der Waals surface area (Å²) in [6.07, 6.45) is 10.00. The number of aromatic amines is 1. The highest BCUT2D eigenvalue weighted by Gasteiger charge is 2.24. The van der Waals surface area contributed by atoms with Gasteiger partial charge in [-0.25, -0.2) is 9.97 Å². The van der Waals surface area contributed by atoms with E-state index in [0.29, 0.717) is 51.0 Å². The molecule has 1 fully saturated rings. The Morgan fingerprint density at radius 1 is 1.13 bits per heavy atom. The van der Waals surface area contributed by atoms with Crippen molar-refractivity contribution in [2.24, 2.45) is 0 Å². The zero-order valence-corrected chi connectivity index (χ0v) is 22.4. The number of halogens is 1. The number of piperidine rings is 1. The van der Waals surface area contributed by atoms with Gasteiger partial charge < -0.3 is 15.0 Å². The topological polar surface area (TPSA) is 100 Å². The number of carbonyl (C=O) groups is 2. The molecule has 1 saturated heterocycles. The molecule has 0 spiro atoms. The lowest BCUT2D eigenvalue weighted by Gasteiger charge is -2.35. The van der Waals surface area contributed by atoms with E-state index in [4.69, 9.17) is 16.3 Å². The predicted octanol–water partition coefficient (Wildman–Crippen LogP) is 6.05. The molecule has 0 amide bonds. The summed E-state index contributed by atoms with van der Waals surface area (Å²) in [5, 5.41) is 4.39. The Balaban J connectivity index is 1.35. The van der Waals surface area contributed by atoms with Crippen LogP contribution in [0, 0.1) is 0 Å². The van der Waals surface area contributed by atoms with Crippen LogP contribution in [0.25, 0.3) is 11.0 Å². The molecule has 1 aliphatic rings. The number of H-pyrrole nitrogens is 1. The maximum Gasteiger partial charge on any atom is 0.196 e. The van der Waals surface area contributed by atoms with Gasteiger partial charge in [0.2, 0.25) is 0 Å². The fourth-order valence-electron chi connectivity index (χ4n) is 4.89. The van der Waals surface area contributed by atoms with Gasteiger partial charge in [0.05, 0.1) is 16.0 Å². The van der Waals surface area contributed by atoms with E-state index in [-0.39, 0.29) is 17.6 Å². The van der Waals surface area contributed by atoms with Gasteiger partial charge >= 0.3 is 0 Å². The van der Waals surface area contributed by atoms with E-state index in [2.05, 4.69) is 25.2 Å². The quantitative estimate of drug-likeness (QED) is 0.185. The van der Waals surface area contributed by atoms with Gasteiger partial charge in [0, 0.05) is 37.0 Å². The number of aromatic nitrogens is 3. The molecule has 8 nitrogen and oxygen atoms in total. The molecular formula is C30H30ClN5O3. The van der Waals surface area contributed by atoms with E-state index < -0.39 is 0 Å². The van der Waals surface area contributed by atoms with E-state index in [0.717, 1.165) is 32.4 Å². The lowest BCUT2D eigenvalue weighted by molar-refractivity contribution is -0.112. The minimum Gasteiger partial charge on any atom is -0.457 e. The SMILES string of the molecule is CC(=O)/C=C/CN1CCCCC1CNc1ncnc2[nH]cc(C(=O)c3ccc(Oc4ccccc4)cc3Cl)c12. The van der Waals surface area contributed by atoms with E-state index in [1.54, 1.807) is 37.4 Å². The standard InChI is InChI=1S/C30H30ClN5O3/c1-20(37)8-7-15-36-14-6-5-9-21(36)17-32-29-27-25(18-33-30(27)35-19-34-29)28(38)24-13-12-23(16-26(24)31)39-22-10-3-2-4-11-22/h2-4,7-8,10-13,16,18-19,21H,5-6,9,14-15,17H2,1H3,(H2,32,33,34,35)/b8-7+. The third-order valence-electron chi connectivity index (χ3n) is 6.83. The van der Waals surface area contributed by atoms with Gasteiger partial charge in [-0.2, -0.15) is 0 Å². The molecule has 2 N–H and O–H groups in total. The van der Waals surface area contributed by atoms with Crippen molar-refractivity contribution in [3.63, 3.8) is 0 Å². The van der Waals surface area contributed by atoms with E-state index in [1.807, 2.05) is 36.4 Å². The smallest absolute Gasteiger partial charge is 0.196 e. The van der Waals surface area contributed by atoms with Crippen LogP contribution in [0.4, 0.5) is 5.82 Å². The molecule has 2 aromatic heterocycles. The van der Waals surface area contributed by atoms with Crippen LogP contribution in [0.1, 0.15) is 42.1 Å². The summed E-state index contributed by atoms with van der Waals surface area (Å²) in [7, 11) is 0. The maximum absolute atomic E-state index is 13.6. The van der Waals surface area contributed by atoms with Crippen LogP contribution >= 0.6 is 11.6 Å². The molecule has 5 rings (SSSR count). The van der Waals surface area contributed by atoms with Gasteiger partial charge in [0.1, 0.15) is 29.3 Å². The monoisotopic (exact) mass is 543 g/mol. The maximum atomic E-state index is 13.6. The van der Waals surface area contributed by atoms with Gasteiger partial charge in [0.25, 0.3) is 0 Å². The molecule has 0 saturated carbocycles. The number of anilines is 1. The first kappa shape index (κ1) is 26.6. The first-order valence-corrected chi connectivity index (χ1v) is 13.4. The number of fused-ring (bicyclic) bond motifs is 1. The molecule has 2 aromatic carbocycles. The molecule has 39 heavy (non-hydrogen) atoms. The number of ketones is 2. The van der Waals surface area contributed by atoms with Crippen LogP contribution in [0.3, 0.4) is 0 Å². The summed E-state index contributed by atoms with van der Waals surface area (Å²) in [4.78, 5) is 39.2. The van der Waals surface area contributed by atoms with Crippen LogP contribution < -0.4 is 10.1 Å². The van der Waals surface area contributed by atoms with Gasteiger partial charge in [-0.3, -0.25) is 14.5 Å². The Labute approximate surface area is 232 Å². The second-order valence-corrected chi connectivity index (χ2v) is 9.98. The van der Waals surface area contributed by atoms with Crippen LogP contribution in [0.5, 0.6) is 11.5 Å². The predicted molar refractivity (Wildman–Crippen MR) is 153 cm³/mol. The van der Waals surface area contributed by atoms with Crippen molar-refractivity contribution in [3.05, 3.63) is 89.4 Å². The summed E-state index contributed by atoms with van der Waals surface area (Å²) >= 11 is 6.55. The number of likely N-dealkylation sites (tertiary alicyclic amines) is 1. The number of hydrogen-bond donors (Lipinski definition) is 2. The van der Waals surface area contributed by atoms with Gasteiger partial charge in [-0.15, -0.1) is 0 Å². The molecule has 1 unspecified atom stereocenters. The highest BCUT2D eigenvalue weighted by molar-refractivity contribution is 6.35. The largest absolute Gasteiger partial charge is 0.457 e. The van der Waals surface area contributed by atoms with Crippen molar-refractivity contribution >= 4 is 40.0 Å². The fraction of sp³-hybridized carbons (Fsp3) is 0.267. The molecule has 4 aromatic rings. The van der Waals surface area contributed by atoms with Gasteiger partial charge in [-0.1, -0.05) is 42.3 Å². The number of carbonyl (C=O) groups excluding carboxylic acids is 2. The lowest BCUT2D eigenvalue weighted by atomic mass is 10.0. The molecular weight excluding hydrogens is 514 g/mol. The minimum atomic E-state index is -0.232. The summed E-state index contributed by atoms with van der Waals surface area (Å²) in [6.45, 7) is 3.92. The van der Waals surface area contributed by atoms with Crippen molar-refractivity contribution in [1.82, 2.24) is 19.9 Å². The first-order chi connectivity index (χ1) is 19.0. The minimum absolute atomic E-state index is 0.0492. The zero-order chi connectivity index (χ0) is 27.2. The third-order valence-corrected chi connectivity index (χ3v) is 7.14. The van der Waals surface area contributed by atoms with Crippen molar-refractivity contribution in [2.45, 2.75) is 32.2 Å². The molecule has 0 aliphatic carbocycles. The van der Waals surface area contributed by atoms with Gasteiger partial charge in [-0.05, 0) is 56.7 Å². The average molecular weight is 544 g/mol. The van der Waals surface area contributed by atoms with Gasteiger partial charge in [0.15, 0.2) is 11.6 Å². The summed E-state index contributed by atoms with van der Waals surface area (Å²) in [6, 6.07) is 14.7. The number of nitrogens with zero attached hydrogens (tertiary/aromatic N) is 3. The Morgan fingerprint density at radius 3 is 2.77 bits per heavy atom. The number of ether oxygens (including phenoxy) is 1. The summed E-state index contributed by atoms with van der Waals surface area (Å²) in [5.74, 6) is 1.64. The van der Waals surface area contributed by atoms with E-state index in [9.17, 15) is 9.59 Å². The number of rotatable bonds is 10. The van der Waals surface area contributed by atoms with E-state index in [1.165, 1.54) is 6.33 Å². The average Bonchev–Trinajstić information content (AvgIpc) is 3.38. The molecule has 0 bridgehead atoms. The second-order valence-electron chi connectivity index (χ2n) is 9.57. The first-order valence-electron chi connectivity index (χ1n) is 13.0. The van der Waals surface area contributed by atoms with Crippen molar-refractivity contribution in [2.75, 3.05) is 25.0 Å². The normalized spacial score (nSPS) is 16.0. The molecule has 0 radical (unpaired) electrons. The fourth-order valence-corrected chi connectivity index (χ4v) is 5.15. The highest BCUT2D eigenvalue weighted by Crippen LogP contribution is 2.31. The van der Waals surface area contributed by atoms with Crippen molar-refractivity contribution in [1.29, 1.82) is 0 Å². The molecule has 9 heteroatoms. The third kappa shape index (κ3) is 6.35. The Hall–Kier alpha value is -4.01. The van der Waals surface area contributed by atoms with Crippen LogP contribution in [-0.2, 0) is 4.79 Å². The zero-order valence-electron chi connectivity index (χ0n) is 21.7. The van der Waals surface area contributed by atoms with Crippen LogP contribution in [0.2, 0.25) is 5.02 Å². The molecule has 200 valence electrons. The molecule has 1 aliphatic heterocycles. The lowest BCUT2D eigenvalue weighted by Crippen LogP contribution is -2.43. The summed E-state index contributed by atoms with van der Waals surface area (Å²) in [5.41, 5.74) is 1.38. The highest BCUT2D eigenvalue weighted by atomic mass is 35.5. The number of allylic oxidation sites excluding steroid dienone is 1. The Kier molecular flexibility index (Phi) is 8.34. The van der Waals surface area contributed by atoms with Crippen LogP contribution in [-0.4, -0.2) is 57.1 Å². The van der Waals surface area contributed by atoms with Crippen molar-refractivity contribution < 1.29 is 14.3 Å². The number of para-hydroxylation sites is 1. The van der Waals surface area contributed by atoms with E-state index >= 15 is 0 Å². The Bertz CT molecular complexity index is 1500. The molecule has 3 heterocycles. The second kappa shape index (κ2) is 12.2. The van der Waals surface area contributed by atoms with Crippen molar-refractivity contribution in [3.8, 4) is 11.5 Å². The number of nitrogens with one attached hydrogen (secondary N) is 2. The summed E-state index contributed by atoms with van der Waals surface area (Å²) < 4.78 is 5.85. The molecule has 1 atom stereocenters. The number of hydrogen-bond acceptors (Lipinski definition) is 7. The number of benzene rings is 2.